The second-order valence-corrected chi connectivity index (χ2v) is 6.31. The first-order valence-electron chi connectivity index (χ1n) is 8.72. The van der Waals surface area contributed by atoms with Crippen molar-refractivity contribution in [2.24, 2.45) is 5.84 Å². The summed E-state index contributed by atoms with van der Waals surface area (Å²) in [5, 5.41) is 3.36. The van der Waals surface area contributed by atoms with Gasteiger partial charge in [-0.2, -0.15) is 0 Å². The molecule has 1 aliphatic rings. The molecule has 0 atom stereocenters. The zero-order chi connectivity index (χ0) is 17.5. The number of nitrogens with one attached hydrogen (secondary N) is 2. The van der Waals surface area contributed by atoms with Crippen molar-refractivity contribution in [2.45, 2.75) is 26.7 Å². The van der Waals surface area contributed by atoms with Gasteiger partial charge in [-0.3, -0.25) is 15.2 Å². The second kappa shape index (κ2) is 9.89. The Kier molecular flexibility index (Phi) is 7.56. The molecular formula is C20H29N5O. The fourth-order valence-electron chi connectivity index (χ4n) is 3.01. The third-order valence-corrected chi connectivity index (χ3v) is 4.51. The highest BCUT2D eigenvalue weighted by molar-refractivity contribution is 5.77. The number of anilines is 1. The molecular weight excluding hydrogens is 326 g/mol. The molecule has 3 rings (SSSR count). The predicted octanol–water partition coefficient (Wildman–Crippen LogP) is 1.44. The van der Waals surface area contributed by atoms with Crippen LogP contribution in [0.4, 0.5) is 5.69 Å². The summed E-state index contributed by atoms with van der Waals surface area (Å²) in [6, 6.07) is 12.4. The summed E-state index contributed by atoms with van der Waals surface area (Å²) in [6.07, 6.45) is 4.13. The van der Waals surface area contributed by atoms with Crippen LogP contribution >= 0.6 is 0 Å². The number of rotatable bonds is 6. The summed E-state index contributed by atoms with van der Waals surface area (Å²) in [6.45, 7) is 4.14. The molecule has 0 bridgehead atoms. The van der Waals surface area contributed by atoms with E-state index >= 15 is 0 Å². The van der Waals surface area contributed by atoms with Crippen molar-refractivity contribution in [1.29, 1.82) is 0 Å². The molecule has 1 fully saturated rings. The average molecular weight is 355 g/mol. The minimum Gasteiger partial charge on any atom is -0.368 e. The number of nitrogens with zero attached hydrogens (tertiary/aromatic N) is 2. The summed E-state index contributed by atoms with van der Waals surface area (Å²) in [5.41, 5.74) is 6.66. The van der Waals surface area contributed by atoms with E-state index in [0.29, 0.717) is 6.42 Å². The van der Waals surface area contributed by atoms with Gasteiger partial charge in [-0.25, -0.2) is 5.84 Å². The first-order valence-corrected chi connectivity index (χ1v) is 8.72. The smallest absolute Gasteiger partial charge is 0.238 e. The molecule has 0 radical (unpaired) electrons. The fraction of sp³-hybridized carbons (Fsp3) is 0.400. The first kappa shape index (κ1) is 19.9. The Labute approximate surface area is 155 Å². The van der Waals surface area contributed by atoms with Gasteiger partial charge in [0.15, 0.2) is 0 Å². The lowest BCUT2D eigenvalue weighted by atomic mass is 10.0. The number of nitrogens with two attached hydrogens (primary N) is 1. The van der Waals surface area contributed by atoms with Gasteiger partial charge in [0.05, 0.1) is 18.3 Å². The maximum atomic E-state index is 11.3. The van der Waals surface area contributed by atoms with E-state index in [-0.39, 0.29) is 13.3 Å². The molecule has 140 valence electrons. The van der Waals surface area contributed by atoms with E-state index < -0.39 is 0 Å². The van der Waals surface area contributed by atoms with Gasteiger partial charge < -0.3 is 10.2 Å². The fourth-order valence-corrected chi connectivity index (χ4v) is 3.01. The van der Waals surface area contributed by atoms with Crippen molar-refractivity contribution in [2.75, 3.05) is 31.1 Å². The van der Waals surface area contributed by atoms with Crippen LogP contribution < -0.4 is 21.5 Å². The van der Waals surface area contributed by atoms with Gasteiger partial charge in [0.25, 0.3) is 0 Å². The Bertz CT molecular complexity index is 678. The van der Waals surface area contributed by atoms with Gasteiger partial charge in [0.2, 0.25) is 5.91 Å². The summed E-state index contributed by atoms with van der Waals surface area (Å²) in [7, 11) is 0. The standard InChI is InChI=1S/C19H25N5O.CH4/c20-23-19(25)13-16-3-1-15(2-4-16)5-6-17-7-8-18(14-22-17)24-11-9-21-10-12-24;/h1-4,7-8,14,21H,5-6,9-13,20H2,(H,23,25);1H4. The maximum absolute atomic E-state index is 11.3. The van der Waals surface area contributed by atoms with Crippen molar-refractivity contribution in [1.82, 2.24) is 15.7 Å². The highest BCUT2D eigenvalue weighted by Gasteiger charge is 2.10. The highest BCUT2D eigenvalue weighted by atomic mass is 16.2. The van der Waals surface area contributed by atoms with Crippen molar-refractivity contribution < 1.29 is 4.79 Å². The van der Waals surface area contributed by atoms with Crippen LogP contribution in [0.25, 0.3) is 0 Å². The van der Waals surface area contributed by atoms with Gasteiger partial charge in [0.1, 0.15) is 0 Å². The van der Waals surface area contributed by atoms with Crippen molar-refractivity contribution in [3.8, 4) is 0 Å². The minimum atomic E-state index is -0.179. The van der Waals surface area contributed by atoms with E-state index in [4.69, 9.17) is 5.84 Å². The van der Waals surface area contributed by atoms with Crippen LogP contribution in [0.5, 0.6) is 0 Å². The summed E-state index contributed by atoms with van der Waals surface area (Å²) >= 11 is 0. The second-order valence-electron chi connectivity index (χ2n) is 6.31. The van der Waals surface area contributed by atoms with Gasteiger partial charge >= 0.3 is 0 Å². The predicted molar refractivity (Wildman–Crippen MR) is 106 cm³/mol. The number of hydrazine groups is 1. The van der Waals surface area contributed by atoms with Crippen molar-refractivity contribution in [3.63, 3.8) is 0 Å². The Morgan fingerprint density at radius 2 is 1.77 bits per heavy atom. The molecule has 2 heterocycles. The van der Waals surface area contributed by atoms with Crippen molar-refractivity contribution in [3.05, 3.63) is 59.4 Å². The van der Waals surface area contributed by atoms with Gasteiger partial charge in [-0.05, 0) is 36.1 Å². The summed E-state index contributed by atoms with van der Waals surface area (Å²) in [4.78, 5) is 18.2. The molecule has 6 heteroatoms. The number of carbonyl (C=O) groups is 1. The highest BCUT2D eigenvalue weighted by Crippen LogP contribution is 2.15. The lowest BCUT2D eigenvalue weighted by molar-refractivity contribution is -0.120. The van der Waals surface area contributed by atoms with E-state index in [2.05, 4.69) is 44.9 Å². The van der Waals surface area contributed by atoms with Crippen LogP contribution in [-0.2, 0) is 24.1 Å². The Morgan fingerprint density at radius 1 is 1.08 bits per heavy atom. The Morgan fingerprint density at radius 3 is 2.38 bits per heavy atom. The number of aromatic nitrogens is 1. The average Bonchev–Trinajstić information content (AvgIpc) is 2.68. The summed E-state index contributed by atoms with van der Waals surface area (Å²) < 4.78 is 0. The number of piperazine rings is 1. The molecule has 26 heavy (non-hydrogen) atoms. The quantitative estimate of drug-likeness (QED) is 0.415. The normalized spacial score (nSPS) is 13.8. The van der Waals surface area contributed by atoms with Crippen molar-refractivity contribution >= 4 is 11.6 Å². The van der Waals surface area contributed by atoms with Crippen LogP contribution in [0, 0.1) is 0 Å². The molecule has 0 aliphatic carbocycles. The van der Waals surface area contributed by atoms with Gasteiger partial charge in [-0.15, -0.1) is 0 Å². The van der Waals surface area contributed by atoms with E-state index in [1.807, 2.05) is 18.3 Å². The number of hydrogen-bond acceptors (Lipinski definition) is 5. The van der Waals surface area contributed by atoms with Crippen LogP contribution in [0.3, 0.4) is 0 Å². The molecule has 0 spiro atoms. The molecule has 0 saturated carbocycles. The molecule has 0 unspecified atom stereocenters. The largest absolute Gasteiger partial charge is 0.368 e. The number of aryl methyl sites for hydroxylation is 2. The third kappa shape index (κ3) is 5.54. The Balaban J connectivity index is 0.00000243. The number of amides is 1. The van der Waals surface area contributed by atoms with Crippen LogP contribution in [0.2, 0.25) is 0 Å². The maximum Gasteiger partial charge on any atom is 0.238 e. The molecule has 6 nitrogen and oxygen atoms in total. The SMILES string of the molecule is C.NNC(=O)Cc1ccc(CCc2ccc(N3CCNCC3)cn2)cc1. The van der Waals surface area contributed by atoms with Gasteiger partial charge in [0, 0.05) is 31.9 Å². The lowest BCUT2D eigenvalue weighted by Crippen LogP contribution is -2.43. The number of benzene rings is 1. The summed E-state index contributed by atoms with van der Waals surface area (Å²) in [5.74, 6) is 4.93. The monoisotopic (exact) mass is 355 g/mol. The topological polar surface area (TPSA) is 83.3 Å². The lowest BCUT2D eigenvalue weighted by Gasteiger charge is -2.29. The van der Waals surface area contributed by atoms with Gasteiger partial charge in [-0.1, -0.05) is 31.7 Å². The molecule has 1 aromatic heterocycles. The Hall–Kier alpha value is -2.44. The molecule has 4 N–H and O–H groups in total. The molecule has 1 amide bonds. The zero-order valence-electron chi connectivity index (χ0n) is 14.4. The zero-order valence-corrected chi connectivity index (χ0v) is 14.4. The number of hydrogen-bond donors (Lipinski definition) is 3. The number of pyridine rings is 1. The first-order chi connectivity index (χ1) is 12.2. The minimum absolute atomic E-state index is 0. The molecule has 1 aliphatic heterocycles. The van der Waals surface area contributed by atoms with E-state index in [1.165, 1.54) is 11.3 Å². The van der Waals surface area contributed by atoms with Crippen LogP contribution in [-0.4, -0.2) is 37.1 Å². The van der Waals surface area contributed by atoms with E-state index in [1.54, 1.807) is 0 Å². The molecule has 2 aromatic rings. The number of carbonyl (C=O) groups excluding carboxylic acids is 1. The molecule has 1 saturated heterocycles. The van der Waals surface area contributed by atoms with Crippen LogP contribution in [0.15, 0.2) is 42.6 Å². The van der Waals surface area contributed by atoms with E-state index in [9.17, 15) is 4.79 Å². The third-order valence-electron chi connectivity index (χ3n) is 4.51. The molecule has 1 aromatic carbocycles. The van der Waals surface area contributed by atoms with Crippen LogP contribution in [0.1, 0.15) is 24.2 Å². The van der Waals surface area contributed by atoms with E-state index in [0.717, 1.165) is 50.3 Å².